The van der Waals surface area contributed by atoms with Crippen molar-refractivity contribution in [1.29, 1.82) is 0 Å². The number of Topliss-reactive ketones (excluding diaryl/α,β-unsaturated/α-hetero) is 1. The minimum Gasteiger partial charge on any atom is -0.494 e. The average Bonchev–Trinajstić information content (AvgIpc) is 3.45. The molecule has 2 saturated heterocycles. The number of hydrogen-bond donors (Lipinski definition) is 0. The van der Waals surface area contributed by atoms with Crippen LogP contribution in [0.5, 0.6) is 5.75 Å². The number of unbranched alkanes of at least 4 members (excludes halogenated alkanes) is 1. The molecular weight excluding hydrogens is 510 g/mol. The minimum atomic E-state index is -1.01. The molecule has 0 radical (unpaired) electrons. The number of ether oxygens (including phenoxy) is 1. The topological polar surface area (TPSA) is 110 Å². The second kappa shape index (κ2) is 10.1. The molecule has 0 unspecified atom stereocenters. The molecule has 0 aliphatic carbocycles. The molecule has 3 aliphatic rings. The molecule has 0 aromatic heterocycles. The second-order valence-corrected chi connectivity index (χ2v) is 10.2. The first-order chi connectivity index (χ1) is 19.4. The third-order valence-corrected chi connectivity index (χ3v) is 7.89. The van der Waals surface area contributed by atoms with E-state index >= 15 is 0 Å². The molecule has 9 nitrogen and oxygen atoms in total. The first kappa shape index (κ1) is 25.5. The third kappa shape index (κ3) is 4.05. The highest BCUT2D eigenvalue weighted by atomic mass is 16.6. The molecule has 0 N–H and O–H groups in total. The third-order valence-electron chi connectivity index (χ3n) is 7.89. The van der Waals surface area contributed by atoms with Gasteiger partial charge in [0, 0.05) is 23.4 Å². The van der Waals surface area contributed by atoms with Gasteiger partial charge in [0.25, 0.3) is 5.69 Å². The molecule has 2 fully saturated rings. The van der Waals surface area contributed by atoms with Crippen molar-refractivity contribution in [2.75, 3.05) is 16.4 Å². The van der Waals surface area contributed by atoms with Crippen LogP contribution in [-0.2, 0) is 9.59 Å². The van der Waals surface area contributed by atoms with Gasteiger partial charge in [0.2, 0.25) is 11.8 Å². The zero-order valence-electron chi connectivity index (χ0n) is 21.8. The number of rotatable bonds is 8. The largest absolute Gasteiger partial charge is 0.494 e. The van der Waals surface area contributed by atoms with E-state index < -0.39 is 40.5 Å². The maximum absolute atomic E-state index is 14.1. The van der Waals surface area contributed by atoms with Crippen LogP contribution in [-0.4, -0.2) is 41.2 Å². The summed E-state index contributed by atoms with van der Waals surface area (Å²) in [4.78, 5) is 55.9. The summed E-state index contributed by atoms with van der Waals surface area (Å²) < 4.78 is 5.72. The zero-order valence-corrected chi connectivity index (χ0v) is 21.8. The molecule has 2 amide bonds. The normalized spacial score (nSPS) is 22.6. The SMILES string of the molecule is CCCCOc1ccc(N2C(=O)[C@@H]3[C@H](C2=O)[C@H](C(=O)c2cccc([N+](=O)[O-])c2)N2c4ccccc4C=C[C@@H]32)cc1. The average molecular weight is 538 g/mol. The van der Waals surface area contributed by atoms with Crippen LogP contribution in [0.3, 0.4) is 0 Å². The van der Waals surface area contributed by atoms with Crippen LogP contribution in [0.15, 0.2) is 78.9 Å². The van der Waals surface area contributed by atoms with Gasteiger partial charge in [-0.15, -0.1) is 0 Å². The maximum atomic E-state index is 14.1. The van der Waals surface area contributed by atoms with E-state index in [0.29, 0.717) is 18.0 Å². The summed E-state index contributed by atoms with van der Waals surface area (Å²) in [5.74, 6) is -2.37. The van der Waals surface area contributed by atoms with Crippen molar-refractivity contribution >= 4 is 40.7 Å². The van der Waals surface area contributed by atoms with Gasteiger partial charge in [0.15, 0.2) is 5.78 Å². The number of nitro groups is 1. The fraction of sp³-hybridized carbons (Fsp3) is 0.258. The molecule has 0 bridgehead atoms. The fourth-order valence-corrected chi connectivity index (χ4v) is 6.04. The van der Waals surface area contributed by atoms with Crippen molar-refractivity contribution in [2.45, 2.75) is 31.8 Å². The Bertz CT molecular complexity index is 1550. The number of ketones is 1. The van der Waals surface area contributed by atoms with Gasteiger partial charge in [-0.05, 0) is 42.3 Å². The van der Waals surface area contributed by atoms with Crippen LogP contribution in [0.4, 0.5) is 17.1 Å². The predicted molar refractivity (Wildman–Crippen MR) is 149 cm³/mol. The van der Waals surface area contributed by atoms with Crippen molar-refractivity contribution in [3.63, 3.8) is 0 Å². The number of carbonyl (C=O) groups excluding carboxylic acids is 3. The van der Waals surface area contributed by atoms with Gasteiger partial charge in [0.05, 0.1) is 35.1 Å². The number of para-hydroxylation sites is 1. The smallest absolute Gasteiger partial charge is 0.270 e. The maximum Gasteiger partial charge on any atom is 0.270 e. The van der Waals surface area contributed by atoms with Gasteiger partial charge in [-0.1, -0.05) is 55.8 Å². The van der Waals surface area contributed by atoms with Gasteiger partial charge in [-0.3, -0.25) is 24.5 Å². The Morgan fingerprint density at radius 2 is 1.73 bits per heavy atom. The van der Waals surface area contributed by atoms with Crippen molar-refractivity contribution in [3.8, 4) is 5.75 Å². The van der Waals surface area contributed by atoms with E-state index in [-0.39, 0.29) is 17.2 Å². The number of non-ortho nitro benzene ring substituents is 1. The molecule has 202 valence electrons. The summed E-state index contributed by atoms with van der Waals surface area (Å²) in [5.41, 5.74) is 1.94. The molecular formula is C31H27N3O6. The van der Waals surface area contributed by atoms with E-state index in [9.17, 15) is 24.5 Å². The molecule has 4 atom stereocenters. The lowest BCUT2D eigenvalue weighted by Crippen LogP contribution is -2.48. The van der Waals surface area contributed by atoms with E-state index in [0.717, 1.165) is 24.1 Å². The summed E-state index contributed by atoms with van der Waals surface area (Å²) in [6.07, 6.45) is 5.71. The van der Waals surface area contributed by atoms with Crippen molar-refractivity contribution in [2.24, 2.45) is 11.8 Å². The number of fused-ring (bicyclic) bond motifs is 5. The van der Waals surface area contributed by atoms with Gasteiger partial charge in [-0.2, -0.15) is 0 Å². The minimum absolute atomic E-state index is 0.123. The van der Waals surface area contributed by atoms with Gasteiger partial charge in [-0.25, -0.2) is 4.90 Å². The summed E-state index contributed by atoms with van der Waals surface area (Å²) >= 11 is 0. The lowest BCUT2D eigenvalue weighted by molar-refractivity contribution is -0.384. The highest BCUT2D eigenvalue weighted by Crippen LogP contribution is 2.50. The molecule has 0 spiro atoms. The number of anilines is 2. The van der Waals surface area contributed by atoms with Gasteiger partial charge in [0.1, 0.15) is 11.8 Å². The molecule has 0 saturated carbocycles. The molecule has 6 rings (SSSR count). The Kier molecular flexibility index (Phi) is 6.42. The molecule has 40 heavy (non-hydrogen) atoms. The number of hydrogen-bond acceptors (Lipinski definition) is 7. The number of benzene rings is 3. The van der Waals surface area contributed by atoms with E-state index in [2.05, 4.69) is 6.92 Å². The summed E-state index contributed by atoms with van der Waals surface area (Å²) in [6, 6.07) is 18.3. The Hall–Kier alpha value is -4.79. The molecule has 3 aromatic rings. The van der Waals surface area contributed by atoms with Crippen LogP contribution in [0, 0.1) is 22.0 Å². The molecule has 9 heteroatoms. The molecule has 3 aliphatic heterocycles. The summed E-state index contributed by atoms with van der Waals surface area (Å²) in [5, 5.41) is 11.4. The van der Waals surface area contributed by atoms with Crippen molar-refractivity contribution in [1.82, 2.24) is 0 Å². The van der Waals surface area contributed by atoms with E-state index in [4.69, 9.17) is 4.74 Å². The lowest BCUT2D eigenvalue weighted by Gasteiger charge is -2.36. The summed E-state index contributed by atoms with van der Waals surface area (Å²) in [6.45, 7) is 2.65. The summed E-state index contributed by atoms with van der Waals surface area (Å²) in [7, 11) is 0. The molecule has 3 aromatic carbocycles. The predicted octanol–water partition coefficient (Wildman–Crippen LogP) is 5.05. The van der Waals surface area contributed by atoms with Gasteiger partial charge < -0.3 is 9.64 Å². The Morgan fingerprint density at radius 3 is 2.48 bits per heavy atom. The van der Waals surface area contributed by atoms with Crippen LogP contribution in [0.25, 0.3) is 6.08 Å². The highest BCUT2D eigenvalue weighted by Gasteiger charge is 2.64. The number of amides is 2. The van der Waals surface area contributed by atoms with E-state index in [1.807, 2.05) is 41.3 Å². The number of nitro benzene ring substituents is 1. The van der Waals surface area contributed by atoms with E-state index in [1.165, 1.54) is 29.2 Å². The first-order valence-electron chi connectivity index (χ1n) is 13.4. The number of imide groups is 1. The first-order valence-corrected chi connectivity index (χ1v) is 13.4. The van der Waals surface area contributed by atoms with Crippen molar-refractivity contribution < 1.29 is 24.0 Å². The van der Waals surface area contributed by atoms with Crippen molar-refractivity contribution in [3.05, 3.63) is 100 Å². The van der Waals surface area contributed by atoms with Crippen LogP contribution in [0.1, 0.15) is 35.7 Å². The van der Waals surface area contributed by atoms with Gasteiger partial charge >= 0.3 is 0 Å². The Labute approximate surface area is 230 Å². The second-order valence-electron chi connectivity index (χ2n) is 10.2. The molecule has 3 heterocycles. The quantitative estimate of drug-likeness (QED) is 0.130. The fourth-order valence-electron chi connectivity index (χ4n) is 6.04. The number of carbonyl (C=O) groups is 3. The monoisotopic (exact) mass is 537 g/mol. The Balaban J connectivity index is 1.40. The standard InChI is InChI=1S/C31H27N3O6/c1-2-3-17-40-23-14-12-21(13-15-23)32-30(36)26-25-16-11-19-7-4-5-10-24(19)33(25)28(27(26)31(32)37)29(35)20-8-6-9-22(18-20)34(38)39/h4-16,18,25-28H,2-3,17H2,1H3/t25-,26-,27-,28+/m0/s1. The van der Waals surface area contributed by atoms with E-state index in [1.54, 1.807) is 24.3 Å². The van der Waals surface area contributed by atoms with Crippen LogP contribution < -0.4 is 14.5 Å². The van der Waals surface area contributed by atoms with Crippen LogP contribution in [0.2, 0.25) is 0 Å². The lowest BCUT2D eigenvalue weighted by atomic mass is 9.86. The highest BCUT2D eigenvalue weighted by molar-refractivity contribution is 6.25. The number of nitrogens with zero attached hydrogens (tertiary/aromatic N) is 3. The Morgan fingerprint density at radius 1 is 0.975 bits per heavy atom. The zero-order chi connectivity index (χ0) is 28.0. The van der Waals surface area contributed by atoms with Crippen LogP contribution >= 0.6 is 0 Å².